The molecule has 0 aliphatic carbocycles. The normalized spacial score (nSPS) is 11.6. The lowest BCUT2D eigenvalue weighted by molar-refractivity contribution is -0.140. The molecule has 0 spiro atoms. The van der Waals surface area contributed by atoms with Crippen LogP contribution in [-0.4, -0.2) is 63.7 Å². The number of urea groups is 1. The van der Waals surface area contributed by atoms with Gasteiger partial charge in [0.05, 0.1) is 6.61 Å². The van der Waals surface area contributed by atoms with E-state index in [4.69, 9.17) is 10.2 Å². The van der Waals surface area contributed by atoms with Crippen LogP contribution in [0.25, 0.3) is 0 Å². The van der Waals surface area contributed by atoms with Gasteiger partial charge in [-0.25, -0.2) is 9.59 Å². The van der Waals surface area contributed by atoms with Gasteiger partial charge >= 0.3 is 12.0 Å². The monoisotopic (exact) mass is 354 g/mol. The third kappa shape index (κ3) is 7.47. The van der Waals surface area contributed by atoms with Gasteiger partial charge in [-0.3, -0.25) is 4.79 Å². The van der Waals surface area contributed by atoms with Crippen molar-refractivity contribution in [1.82, 2.24) is 10.2 Å². The molecule has 1 aromatic carbocycles. The maximum atomic E-state index is 12.3. The van der Waals surface area contributed by atoms with Gasteiger partial charge in [-0.1, -0.05) is 42.1 Å². The molecule has 1 unspecified atom stereocenters. The van der Waals surface area contributed by atoms with Crippen LogP contribution in [0.3, 0.4) is 0 Å². The van der Waals surface area contributed by atoms with Gasteiger partial charge in [0.1, 0.15) is 0 Å². The van der Waals surface area contributed by atoms with Crippen molar-refractivity contribution in [3.05, 3.63) is 35.9 Å². The summed E-state index contributed by atoms with van der Waals surface area (Å²) in [6, 6.07) is 7.65. The van der Waals surface area contributed by atoms with E-state index in [-0.39, 0.29) is 5.12 Å². The summed E-state index contributed by atoms with van der Waals surface area (Å²) in [5.74, 6) is -0.874. The number of hydrogen-bond acceptors (Lipinski definition) is 5. The van der Waals surface area contributed by atoms with Crippen LogP contribution in [0.5, 0.6) is 0 Å². The Bertz CT molecular complexity index is 553. The molecular weight excluding hydrogens is 332 g/mol. The van der Waals surface area contributed by atoms with Gasteiger partial charge < -0.3 is 20.4 Å². The van der Waals surface area contributed by atoms with Crippen molar-refractivity contribution in [1.29, 1.82) is 0 Å². The van der Waals surface area contributed by atoms with Crippen molar-refractivity contribution in [2.24, 2.45) is 0 Å². The molecule has 2 amide bonds. The molecule has 1 atom stereocenters. The Balaban J connectivity index is 2.66. The number of nitrogens with zero attached hydrogens (tertiary/aromatic N) is 1. The standard InChI is InChI=1S/C16H22N2O5S/c1-12(20)24-10-9-18(8-7-13-5-3-2-4-6-13)16(23)17-14(11-19)15(21)22/h2-6,14,19H,7-11H2,1H3,(H,17,23)(H,21,22). The molecule has 0 saturated heterocycles. The maximum Gasteiger partial charge on any atom is 0.328 e. The van der Waals surface area contributed by atoms with Crippen molar-refractivity contribution >= 4 is 28.9 Å². The average molecular weight is 354 g/mol. The lowest BCUT2D eigenvalue weighted by Gasteiger charge is -2.24. The lowest BCUT2D eigenvalue weighted by Crippen LogP contribution is -2.50. The third-order valence-electron chi connectivity index (χ3n) is 3.25. The smallest absolute Gasteiger partial charge is 0.328 e. The molecular formula is C16H22N2O5S. The summed E-state index contributed by atoms with van der Waals surface area (Å²) >= 11 is 1.10. The fraction of sp³-hybridized carbons (Fsp3) is 0.438. The fourth-order valence-corrected chi connectivity index (χ4v) is 2.55. The van der Waals surface area contributed by atoms with E-state index in [1.54, 1.807) is 0 Å². The molecule has 0 aliphatic rings. The second-order valence-electron chi connectivity index (χ2n) is 5.09. The third-order valence-corrected chi connectivity index (χ3v) is 4.04. The zero-order valence-corrected chi connectivity index (χ0v) is 14.3. The number of aliphatic hydroxyl groups is 1. The van der Waals surface area contributed by atoms with Gasteiger partial charge in [0.25, 0.3) is 0 Å². The second kappa shape index (κ2) is 10.7. The Kier molecular flexibility index (Phi) is 8.88. The van der Waals surface area contributed by atoms with Crippen molar-refractivity contribution < 1.29 is 24.6 Å². The van der Waals surface area contributed by atoms with E-state index in [1.165, 1.54) is 11.8 Å². The van der Waals surface area contributed by atoms with Crippen LogP contribution in [0.2, 0.25) is 0 Å². The minimum Gasteiger partial charge on any atom is -0.480 e. The minimum absolute atomic E-state index is 0.0443. The van der Waals surface area contributed by atoms with Crippen LogP contribution in [-0.2, 0) is 16.0 Å². The summed E-state index contributed by atoms with van der Waals surface area (Å²) in [5, 5.41) is 20.2. The van der Waals surface area contributed by atoms with Crippen LogP contribution in [0.4, 0.5) is 4.79 Å². The van der Waals surface area contributed by atoms with Crippen molar-refractivity contribution in [3.63, 3.8) is 0 Å². The van der Waals surface area contributed by atoms with Gasteiger partial charge in [-0.2, -0.15) is 0 Å². The number of aliphatic carboxylic acids is 1. The Hall–Kier alpha value is -2.06. The molecule has 0 aromatic heterocycles. The molecule has 132 valence electrons. The first kappa shape index (κ1) is 20.0. The molecule has 0 saturated carbocycles. The molecule has 8 heteroatoms. The first-order chi connectivity index (χ1) is 11.4. The number of aliphatic hydroxyl groups excluding tert-OH is 1. The van der Waals surface area contributed by atoms with E-state index in [2.05, 4.69) is 5.32 Å². The highest BCUT2D eigenvalue weighted by molar-refractivity contribution is 8.13. The second-order valence-corrected chi connectivity index (χ2v) is 6.36. The molecule has 0 heterocycles. The first-order valence-corrected chi connectivity index (χ1v) is 8.49. The maximum absolute atomic E-state index is 12.3. The number of nitrogens with one attached hydrogen (secondary N) is 1. The number of rotatable bonds is 9. The molecule has 0 aliphatic heterocycles. The number of hydrogen-bond donors (Lipinski definition) is 3. The zero-order valence-electron chi connectivity index (χ0n) is 13.5. The van der Waals surface area contributed by atoms with Crippen LogP contribution >= 0.6 is 11.8 Å². The van der Waals surface area contributed by atoms with Gasteiger partial charge in [0.15, 0.2) is 11.2 Å². The number of amides is 2. The Morgan fingerprint density at radius 1 is 1.21 bits per heavy atom. The highest BCUT2D eigenvalue weighted by atomic mass is 32.2. The van der Waals surface area contributed by atoms with Crippen molar-refractivity contribution in [2.45, 2.75) is 19.4 Å². The largest absolute Gasteiger partial charge is 0.480 e. The average Bonchev–Trinajstić information content (AvgIpc) is 2.55. The molecule has 1 rings (SSSR count). The van der Waals surface area contributed by atoms with Crippen LogP contribution in [0.1, 0.15) is 12.5 Å². The highest BCUT2D eigenvalue weighted by Gasteiger charge is 2.22. The molecule has 3 N–H and O–H groups in total. The lowest BCUT2D eigenvalue weighted by atomic mass is 10.1. The molecule has 24 heavy (non-hydrogen) atoms. The summed E-state index contributed by atoms with van der Waals surface area (Å²) in [5.41, 5.74) is 1.05. The summed E-state index contributed by atoms with van der Waals surface area (Å²) in [7, 11) is 0. The van der Waals surface area contributed by atoms with E-state index in [0.717, 1.165) is 17.3 Å². The number of carbonyl (C=O) groups is 3. The van der Waals surface area contributed by atoms with E-state index in [0.29, 0.717) is 25.3 Å². The topological polar surface area (TPSA) is 107 Å². The molecule has 0 bridgehead atoms. The van der Waals surface area contributed by atoms with Gasteiger partial charge in [0.2, 0.25) is 0 Å². The van der Waals surface area contributed by atoms with E-state index < -0.39 is 24.6 Å². The SMILES string of the molecule is CC(=O)SCCN(CCc1ccccc1)C(=O)NC(CO)C(=O)O. The molecule has 0 radical (unpaired) electrons. The summed E-state index contributed by atoms with van der Waals surface area (Å²) < 4.78 is 0. The minimum atomic E-state index is -1.35. The predicted octanol–water partition coefficient (Wildman–Crippen LogP) is 0.966. The quantitative estimate of drug-likeness (QED) is 0.610. The number of benzene rings is 1. The summed E-state index contributed by atoms with van der Waals surface area (Å²) in [6.45, 7) is 1.45. The number of carboxylic acids is 1. The van der Waals surface area contributed by atoms with E-state index >= 15 is 0 Å². The van der Waals surface area contributed by atoms with Crippen LogP contribution in [0, 0.1) is 0 Å². The summed E-state index contributed by atoms with van der Waals surface area (Å²) in [4.78, 5) is 35.7. The first-order valence-electron chi connectivity index (χ1n) is 7.50. The molecule has 0 fully saturated rings. The fourth-order valence-electron chi connectivity index (χ4n) is 1.95. The van der Waals surface area contributed by atoms with Crippen molar-refractivity contribution in [2.75, 3.05) is 25.4 Å². The Morgan fingerprint density at radius 3 is 2.42 bits per heavy atom. The van der Waals surface area contributed by atoms with E-state index in [9.17, 15) is 14.4 Å². The Labute approximate surface area is 145 Å². The van der Waals surface area contributed by atoms with Gasteiger partial charge in [-0.05, 0) is 12.0 Å². The zero-order chi connectivity index (χ0) is 17.9. The van der Waals surface area contributed by atoms with Crippen LogP contribution < -0.4 is 5.32 Å². The summed E-state index contributed by atoms with van der Waals surface area (Å²) in [6.07, 6.45) is 0.607. The van der Waals surface area contributed by atoms with E-state index in [1.807, 2.05) is 30.3 Å². The van der Waals surface area contributed by atoms with Crippen molar-refractivity contribution in [3.8, 4) is 0 Å². The van der Waals surface area contributed by atoms with Gasteiger partial charge in [0, 0.05) is 25.8 Å². The van der Waals surface area contributed by atoms with Crippen LogP contribution in [0.15, 0.2) is 30.3 Å². The number of thioether (sulfide) groups is 1. The molecule has 7 nitrogen and oxygen atoms in total. The Morgan fingerprint density at radius 2 is 1.88 bits per heavy atom. The highest BCUT2D eigenvalue weighted by Crippen LogP contribution is 2.06. The number of carboxylic acid groups (broad SMARTS) is 1. The molecule has 1 aromatic rings. The predicted molar refractivity (Wildman–Crippen MR) is 91.9 cm³/mol. The number of carbonyl (C=O) groups excluding carboxylic acids is 2. The van der Waals surface area contributed by atoms with Gasteiger partial charge in [-0.15, -0.1) is 0 Å².